The number of anilines is 2. The van der Waals surface area contributed by atoms with Crippen LogP contribution in [0.25, 0.3) is 28.3 Å². The summed E-state index contributed by atoms with van der Waals surface area (Å²) >= 11 is 0. The number of aromatic nitrogens is 6. The molecular weight excluding hydrogens is 636 g/mol. The van der Waals surface area contributed by atoms with Crippen LogP contribution in [0, 0.1) is 0 Å². The van der Waals surface area contributed by atoms with Gasteiger partial charge in [-0.05, 0) is 55.3 Å². The van der Waals surface area contributed by atoms with Gasteiger partial charge in [0.25, 0.3) is 5.91 Å². The first-order chi connectivity index (χ1) is 24.5. The van der Waals surface area contributed by atoms with E-state index in [2.05, 4.69) is 27.0 Å². The third kappa shape index (κ3) is 5.90. The minimum atomic E-state index is -1.21. The van der Waals surface area contributed by atoms with E-state index < -0.39 is 5.54 Å². The number of nitrogens with two attached hydrogens (primary N) is 1. The van der Waals surface area contributed by atoms with Crippen molar-refractivity contribution in [1.29, 1.82) is 0 Å². The molecule has 6 heterocycles. The highest BCUT2D eigenvalue weighted by molar-refractivity contribution is 5.94. The SMILES string of the molecule is CC(C(=O)N1CCN(c2ccc(OCCCN3CCOCC3)cc2)CC1)(c1ccccc1)n1ncc2c1nc(N)n1nc(-c3ccco3)nc21. The van der Waals surface area contributed by atoms with E-state index in [1.807, 2.05) is 54.3 Å². The van der Waals surface area contributed by atoms with Crippen LogP contribution in [-0.2, 0) is 15.1 Å². The first kappa shape index (κ1) is 31.8. The van der Waals surface area contributed by atoms with Gasteiger partial charge in [0.15, 0.2) is 22.6 Å². The molecule has 2 saturated heterocycles. The maximum atomic E-state index is 14.7. The van der Waals surface area contributed by atoms with E-state index in [9.17, 15) is 4.79 Å². The Kier molecular flexibility index (Phi) is 8.54. The lowest BCUT2D eigenvalue weighted by Gasteiger charge is -2.40. The number of fused-ring (bicyclic) bond motifs is 3. The Morgan fingerprint density at radius 2 is 1.70 bits per heavy atom. The summed E-state index contributed by atoms with van der Waals surface area (Å²) in [6.07, 6.45) is 4.21. The summed E-state index contributed by atoms with van der Waals surface area (Å²) in [7, 11) is 0. The predicted molar refractivity (Wildman–Crippen MR) is 188 cm³/mol. The molecule has 2 aliphatic heterocycles. The van der Waals surface area contributed by atoms with Crippen molar-refractivity contribution in [3.63, 3.8) is 0 Å². The second-order valence-corrected chi connectivity index (χ2v) is 12.8. The zero-order valence-corrected chi connectivity index (χ0v) is 28.0. The number of piperazine rings is 1. The normalized spacial score (nSPS) is 17.0. The van der Waals surface area contributed by atoms with E-state index in [1.54, 1.807) is 29.3 Å². The zero-order chi connectivity index (χ0) is 34.1. The molecule has 6 aromatic rings. The summed E-state index contributed by atoms with van der Waals surface area (Å²) in [5, 5.41) is 9.89. The van der Waals surface area contributed by atoms with E-state index in [1.165, 1.54) is 4.52 Å². The summed E-state index contributed by atoms with van der Waals surface area (Å²) in [4.78, 5) is 30.7. The number of hydrogen-bond donors (Lipinski definition) is 1. The van der Waals surface area contributed by atoms with Gasteiger partial charge in [-0.25, -0.2) is 9.67 Å². The number of carbonyl (C=O) groups is 1. The van der Waals surface area contributed by atoms with Gasteiger partial charge in [0.1, 0.15) is 5.75 Å². The summed E-state index contributed by atoms with van der Waals surface area (Å²) in [6.45, 7) is 9.70. The van der Waals surface area contributed by atoms with Gasteiger partial charge in [-0.3, -0.25) is 9.69 Å². The predicted octanol–water partition coefficient (Wildman–Crippen LogP) is 3.53. The highest BCUT2D eigenvalue weighted by Gasteiger charge is 2.43. The third-order valence-corrected chi connectivity index (χ3v) is 9.71. The maximum absolute atomic E-state index is 14.7. The summed E-state index contributed by atoms with van der Waals surface area (Å²) in [5.41, 5.74) is 8.01. The molecule has 0 bridgehead atoms. The molecule has 1 unspecified atom stereocenters. The highest BCUT2D eigenvalue weighted by atomic mass is 16.5. The zero-order valence-electron chi connectivity index (χ0n) is 28.0. The Labute approximate surface area is 289 Å². The van der Waals surface area contributed by atoms with Crippen molar-refractivity contribution < 1.29 is 18.7 Å². The van der Waals surface area contributed by atoms with E-state index in [0.717, 1.165) is 56.3 Å². The molecule has 258 valence electrons. The Hall–Kier alpha value is -5.47. The monoisotopic (exact) mass is 676 g/mol. The largest absolute Gasteiger partial charge is 0.494 e. The number of rotatable bonds is 10. The quantitative estimate of drug-likeness (QED) is 0.213. The van der Waals surface area contributed by atoms with Gasteiger partial charge in [-0.2, -0.15) is 14.6 Å². The van der Waals surface area contributed by atoms with Gasteiger partial charge < -0.3 is 29.4 Å². The fourth-order valence-electron chi connectivity index (χ4n) is 6.88. The van der Waals surface area contributed by atoms with Crippen molar-refractivity contribution in [1.82, 2.24) is 39.2 Å². The van der Waals surface area contributed by atoms with Gasteiger partial charge >= 0.3 is 0 Å². The second kappa shape index (κ2) is 13.4. The van der Waals surface area contributed by atoms with Gasteiger partial charge in [0.05, 0.1) is 37.7 Å². The van der Waals surface area contributed by atoms with Crippen molar-refractivity contribution in [2.45, 2.75) is 18.9 Å². The number of amides is 1. The molecule has 1 atom stereocenters. The van der Waals surface area contributed by atoms with Crippen LogP contribution in [0.3, 0.4) is 0 Å². The van der Waals surface area contributed by atoms with Crippen molar-refractivity contribution in [3.05, 3.63) is 84.8 Å². The Morgan fingerprint density at radius 1 is 0.920 bits per heavy atom. The number of hydrogen-bond acceptors (Lipinski definition) is 11. The van der Waals surface area contributed by atoms with Gasteiger partial charge in [0, 0.05) is 51.5 Å². The minimum absolute atomic E-state index is 0.0767. The molecule has 0 aliphatic carbocycles. The minimum Gasteiger partial charge on any atom is -0.494 e. The van der Waals surface area contributed by atoms with Crippen molar-refractivity contribution in [2.24, 2.45) is 0 Å². The molecule has 8 rings (SSSR count). The average Bonchev–Trinajstić information content (AvgIpc) is 3.95. The summed E-state index contributed by atoms with van der Waals surface area (Å²) in [6, 6.07) is 21.5. The number of furan rings is 1. The Morgan fingerprint density at radius 3 is 2.44 bits per heavy atom. The molecule has 14 heteroatoms. The van der Waals surface area contributed by atoms with Crippen LogP contribution < -0.4 is 15.4 Å². The van der Waals surface area contributed by atoms with Gasteiger partial charge in [-0.1, -0.05) is 30.3 Å². The van der Waals surface area contributed by atoms with Crippen molar-refractivity contribution >= 4 is 34.2 Å². The topological polar surface area (TPSA) is 145 Å². The second-order valence-electron chi connectivity index (χ2n) is 12.8. The molecule has 4 aromatic heterocycles. The van der Waals surface area contributed by atoms with Crippen LogP contribution in [0.15, 0.2) is 83.6 Å². The third-order valence-electron chi connectivity index (χ3n) is 9.71. The number of carbonyl (C=O) groups excluding carboxylic acids is 1. The number of ether oxygens (including phenoxy) is 2. The van der Waals surface area contributed by atoms with Crippen LogP contribution in [-0.4, -0.2) is 111 Å². The maximum Gasteiger partial charge on any atom is 0.255 e. The van der Waals surface area contributed by atoms with Crippen LogP contribution in [0.1, 0.15) is 18.9 Å². The van der Waals surface area contributed by atoms with Crippen molar-refractivity contribution in [3.8, 4) is 17.3 Å². The average molecular weight is 677 g/mol. The first-order valence-electron chi connectivity index (χ1n) is 17.1. The lowest BCUT2D eigenvalue weighted by molar-refractivity contribution is -0.138. The fourth-order valence-corrected chi connectivity index (χ4v) is 6.88. The first-order valence-corrected chi connectivity index (χ1v) is 17.1. The molecule has 2 aromatic carbocycles. The molecule has 1 amide bonds. The fraction of sp³-hybridized carbons (Fsp3) is 0.361. The molecule has 2 N–H and O–H groups in total. The lowest BCUT2D eigenvalue weighted by Crippen LogP contribution is -2.56. The van der Waals surface area contributed by atoms with Crippen LogP contribution >= 0.6 is 0 Å². The van der Waals surface area contributed by atoms with Gasteiger partial charge in [0.2, 0.25) is 11.8 Å². The number of morpholine rings is 1. The molecule has 14 nitrogen and oxygen atoms in total. The van der Waals surface area contributed by atoms with Crippen LogP contribution in [0.4, 0.5) is 11.6 Å². The molecule has 0 spiro atoms. The standard InChI is InChI=1S/C36H40N10O4/c1-36(26-7-3-2-4-8-26,46-33-29(25-38-46)32-39-31(30-9-5-21-50-30)41-45(32)35(37)40-33)34(47)44-17-15-43(16-18-44)27-10-12-28(13-11-27)49-22-6-14-42-19-23-48-24-20-42/h2-5,7-13,21,25H,6,14-20,22-24H2,1H3,(H2,37,40). The number of benzene rings is 2. The van der Waals surface area contributed by atoms with Gasteiger partial charge in [-0.15, -0.1) is 5.10 Å². The molecule has 0 saturated carbocycles. The number of nitrogens with zero attached hydrogens (tertiary/aromatic N) is 9. The lowest BCUT2D eigenvalue weighted by atomic mass is 9.90. The molecule has 2 fully saturated rings. The van der Waals surface area contributed by atoms with Crippen molar-refractivity contribution in [2.75, 3.05) is 76.3 Å². The van der Waals surface area contributed by atoms with E-state index in [0.29, 0.717) is 61.1 Å². The molecule has 2 aliphatic rings. The highest BCUT2D eigenvalue weighted by Crippen LogP contribution is 2.34. The number of nitrogen functional groups attached to an aromatic ring is 1. The van der Waals surface area contributed by atoms with E-state index in [4.69, 9.17) is 34.7 Å². The molecule has 0 radical (unpaired) electrons. The van der Waals surface area contributed by atoms with Crippen LogP contribution in [0.2, 0.25) is 0 Å². The molecular formula is C36H40N10O4. The summed E-state index contributed by atoms with van der Waals surface area (Å²) < 4.78 is 20.1. The Bertz CT molecular complexity index is 2070. The van der Waals surface area contributed by atoms with E-state index >= 15 is 0 Å². The molecule has 50 heavy (non-hydrogen) atoms. The van der Waals surface area contributed by atoms with E-state index in [-0.39, 0.29) is 11.9 Å². The summed E-state index contributed by atoms with van der Waals surface area (Å²) in [5.74, 6) is 1.80. The van der Waals surface area contributed by atoms with Crippen LogP contribution in [0.5, 0.6) is 5.75 Å². The Balaban J connectivity index is 0.989. The smallest absolute Gasteiger partial charge is 0.255 e.